The molecule has 4 aromatic carbocycles. The highest BCUT2D eigenvalue weighted by Gasteiger charge is 2.15. The molecular formula is C32H31N3. The second-order valence-electron chi connectivity index (χ2n) is 9.58. The predicted octanol–water partition coefficient (Wildman–Crippen LogP) is 8.69. The molecule has 0 aliphatic heterocycles. The molecule has 35 heavy (non-hydrogen) atoms. The molecule has 1 aromatic heterocycles. The van der Waals surface area contributed by atoms with Gasteiger partial charge in [0, 0.05) is 10.9 Å². The second kappa shape index (κ2) is 9.71. The average Bonchev–Trinajstić information content (AvgIpc) is 3.31. The third-order valence-corrected chi connectivity index (χ3v) is 6.46. The first kappa shape index (κ1) is 22.8. The molecule has 0 fully saturated rings. The molecule has 1 heterocycles. The molecule has 3 nitrogen and oxygen atoms in total. The topological polar surface area (TPSA) is 30.2 Å². The molecule has 0 unspecified atom stereocenters. The number of fused-ring (bicyclic) bond motifs is 1. The lowest BCUT2D eigenvalue weighted by atomic mass is 9.93. The summed E-state index contributed by atoms with van der Waals surface area (Å²) in [4.78, 5) is 5.02. The molecule has 0 atom stereocenters. The normalized spacial score (nSPS) is 11.8. The molecule has 0 bridgehead atoms. The van der Waals surface area contributed by atoms with Gasteiger partial charge in [-0.25, -0.2) is 4.68 Å². The number of rotatable bonds is 6. The number of aliphatic imine (C=N–C) groups is 1. The summed E-state index contributed by atoms with van der Waals surface area (Å²) >= 11 is 0. The van der Waals surface area contributed by atoms with Gasteiger partial charge >= 0.3 is 0 Å². The summed E-state index contributed by atoms with van der Waals surface area (Å²) in [6, 6.07) is 33.9. The van der Waals surface area contributed by atoms with Crippen LogP contribution in [0.1, 0.15) is 56.4 Å². The Morgan fingerprint density at radius 3 is 2.06 bits per heavy atom. The molecule has 0 radical (unpaired) electrons. The maximum Gasteiger partial charge on any atom is 0.104 e. The smallest absolute Gasteiger partial charge is 0.104 e. The predicted molar refractivity (Wildman–Crippen MR) is 148 cm³/mol. The summed E-state index contributed by atoms with van der Waals surface area (Å²) < 4.78 is 2.05. The summed E-state index contributed by atoms with van der Waals surface area (Å²) in [6.45, 7) is 8.89. The van der Waals surface area contributed by atoms with Crippen LogP contribution >= 0.6 is 0 Å². The van der Waals surface area contributed by atoms with E-state index in [9.17, 15) is 0 Å². The van der Waals surface area contributed by atoms with Crippen molar-refractivity contribution in [2.24, 2.45) is 4.99 Å². The van der Waals surface area contributed by atoms with Crippen molar-refractivity contribution in [2.45, 2.75) is 39.5 Å². The van der Waals surface area contributed by atoms with E-state index in [4.69, 9.17) is 10.1 Å². The largest absolute Gasteiger partial charge is 0.254 e. The van der Waals surface area contributed by atoms with E-state index in [1.54, 1.807) is 0 Å². The Labute approximate surface area is 207 Å². The van der Waals surface area contributed by atoms with Gasteiger partial charge in [-0.3, -0.25) is 4.99 Å². The third-order valence-electron chi connectivity index (χ3n) is 6.46. The monoisotopic (exact) mass is 457 g/mol. The van der Waals surface area contributed by atoms with Crippen molar-refractivity contribution in [1.29, 1.82) is 0 Å². The number of para-hydroxylation sites is 1. The quantitative estimate of drug-likeness (QED) is 0.235. The zero-order valence-corrected chi connectivity index (χ0v) is 20.8. The van der Waals surface area contributed by atoms with Crippen LogP contribution in [0.2, 0.25) is 0 Å². The van der Waals surface area contributed by atoms with E-state index in [0.717, 1.165) is 28.3 Å². The lowest BCUT2D eigenvalue weighted by Crippen LogP contribution is -2.01. The van der Waals surface area contributed by atoms with Crippen LogP contribution < -0.4 is 0 Å². The Kier molecular flexibility index (Phi) is 6.33. The van der Waals surface area contributed by atoms with Gasteiger partial charge < -0.3 is 0 Å². The number of hydrogen-bond acceptors (Lipinski definition) is 2. The maximum atomic E-state index is 5.04. The maximum absolute atomic E-state index is 5.04. The number of hydrogen-bond donors (Lipinski definition) is 0. The minimum atomic E-state index is 0.397. The summed E-state index contributed by atoms with van der Waals surface area (Å²) in [6.07, 6.45) is 1.92. The molecule has 0 saturated carbocycles. The summed E-state index contributed by atoms with van der Waals surface area (Å²) in [5.41, 5.74) is 7.67. The van der Waals surface area contributed by atoms with Gasteiger partial charge in [0.05, 0.1) is 23.3 Å². The summed E-state index contributed by atoms with van der Waals surface area (Å²) in [5.74, 6) is 0.794. The van der Waals surface area contributed by atoms with Crippen LogP contribution in [0.3, 0.4) is 0 Å². The molecule has 0 N–H and O–H groups in total. The van der Waals surface area contributed by atoms with Crippen LogP contribution in [0.5, 0.6) is 0 Å². The lowest BCUT2D eigenvalue weighted by Gasteiger charge is -2.16. The van der Waals surface area contributed by atoms with Gasteiger partial charge in [-0.05, 0) is 40.5 Å². The van der Waals surface area contributed by atoms with E-state index < -0.39 is 0 Å². The fraction of sp³-hybridized carbons (Fsp3) is 0.188. The van der Waals surface area contributed by atoms with E-state index in [1.165, 1.54) is 21.9 Å². The van der Waals surface area contributed by atoms with Crippen molar-refractivity contribution in [3.63, 3.8) is 0 Å². The Balaban J connectivity index is 1.67. The fourth-order valence-corrected chi connectivity index (χ4v) is 4.65. The van der Waals surface area contributed by atoms with Gasteiger partial charge in [-0.1, -0.05) is 113 Å². The first-order valence-corrected chi connectivity index (χ1v) is 12.3. The highest BCUT2D eigenvalue weighted by atomic mass is 15.3. The molecule has 0 aliphatic rings. The molecule has 0 amide bonds. The van der Waals surface area contributed by atoms with Crippen LogP contribution in [0, 0.1) is 0 Å². The number of benzene rings is 4. The zero-order valence-electron chi connectivity index (χ0n) is 20.8. The summed E-state index contributed by atoms with van der Waals surface area (Å²) in [5, 5.41) is 7.41. The molecule has 3 heteroatoms. The van der Waals surface area contributed by atoms with E-state index in [0.29, 0.717) is 11.8 Å². The van der Waals surface area contributed by atoms with Gasteiger partial charge in [0.2, 0.25) is 0 Å². The molecular weight excluding hydrogens is 426 g/mol. The molecule has 0 saturated heterocycles. The van der Waals surface area contributed by atoms with Crippen LogP contribution in [0.15, 0.2) is 102 Å². The van der Waals surface area contributed by atoms with Crippen molar-refractivity contribution in [1.82, 2.24) is 9.78 Å². The van der Waals surface area contributed by atoms with Crippen LogP contribution in [0.4, 0.5) is 5.69 Å². The summed E-state index contributed by atoms with van der Waals surface area (Å²) in [7, 11) is 0. The second-order valence-corrected chi connectivity index (χ2v) is 9.58. The van der Waals surface area contributed by atoms with Crippen molar-refractivity contribution >= 4 is 22.7 Å². The Hall–Kier alpha value is -3.98. The Morgan fingerprint density at radius 1 is 0.714 bits per heavy atom. The lowest BCUT2D eigenvalue weighted by molar-refractivity contribution is 0.835. The Bertz CT molecular complexity index is 1460. The molecule has 5 aromatic rings. The van der Waals surface area contributed by atoms with Gasteiger partial charge in [-0.2, -0.15) is 5.10 Å². The highest BCUT2D eigenvalue weighted by Crippen LogP contribution is 2.35. The highest BCUT2D eigenvalue weighted by molar-refractivity contribution is 5.91. The SMILES string of the molecule is CC(C)c1cccc(C(C)C)c1/N=C/c1cc(-c2ccccc2)n(-c2cccc3ccccc23)n1. The van der Waals surface area contributed by atoms with E-state index in [1.807, 2.05) is 12.3 Å². The van der Waals surface area contributed by atoms with Gasteiger partial charge in [0.15, 0.2) is 0 Å². The standard InChI is InChI=1S/C32H31N3/c1-22(2)27-17-11-18-28(23(3)4)32(27)33-21-26-20-31(25-13-6-5-7-14-25)35(34-26)30-19-10-15-24-12-8-9-16-29(24)30/h5-23H,1-4H3/b33-21+. The van der Waals surface area contributed by atoms with Crippen LogP contribution in [-0.2, 0) is 0 Å². The van der Waals surface area contributed by atoms with Gasteiger partial charge in [0.25, 0.3) is 0 Å². The molecule has 0 aliphatic carbocycles. The van der Waals surface area contributed by atoms with E-state index in [2.05, 4.69) is 123 Å². The molecule has 174 valence electrons. The molecule has 5 rings (SSSR count). The van der Waals surface area contributed by atoms with E-state index >= 15 is 0 Å². The fourth-order valence-electron chi connectivity index (χ4n) is 4.65. The van der Waals surface area contributed by atoms with Gasteiger partial charge in [-0.15, -0.1) is 0 Å². The minimum absolute atomic E-state index is 0.397. The van der Waals surface area contributed by atoms with Crippen LogP contribution in [-0.4, -0.2) is 16.0 Å². The Morgan fingerprint density at radius 2 is 1.34 bits per heavy atom. The minimum Gasteiger partial charge on any atom is -0.254 e. The molecule has 0 spiro atoms. The van der Waals surface area contributed by atoms with Crippen molar-refractivity contribution in [2.75, 3.05) is 0 Å². The number of aromatic nitrogens is 2. The third kappa shape index (κ3) is 4.54. The van der Waals surface area contributed by atoms with Crippen molar-refractivity contribution < 1.29 is 0 Å². The zero-order chi connectivity index (χ0) is 24.4. The van der Waals surface area contributed by atoms with Gasteiger partial charge in [0.1, 0.15) is 5.69 Å². The van der Waals surface area contributed by atoms with E-state index in [-0.39, 0.29) is 0 Å². The average molecular weight is 458 g/mol. The van der Waals surface area contributed by atoms with Crippen molar-refractivity contribution in [3.05, 3.63) is 114 Å². The number of nitrogens with zero attached hydrogens (tertiary/aromatic N) is 3. The van der Waals surface area contributed by atoms with Crippen molar-refractivity contribution in [3.8, 4) is 16.9 Å². The first-order chi connectivity index (χ1) is 17.0. The van der Waals surface area contributed by atoms with Crippen LogP contribution in [0.25, 0.3) is 27.7 Å². The first-order valence-electron chi connectivity index (χ1n) is 12.3.